The summed E-state index contributed by atoms with van der Waals surface area (Å²) in [6.45, 7) is 3.77. The Morgan fingerprint density at radius 3 is 2.93 bits per heavy atom. The van der Waals surface area contributed by atoms with Crippen LogP contribution in [0.4, 0.5) is 0 Å². The molecule has 1 unspecified atom stereocenters. The van der Waals surface area contributed by atoms with Crippen molar-refractivity contribution < 1.29 is 14.3 Å². The molecular formula is C22H30N2O3S. The van der Waals surface area contributed by atoms with Gasteiger partial charge in [0.2, 0.25) is 5.91 Å². The van der Waals surface area contributed by atoms with Crippen molar-refractivity contribution in [3.63, 3.8) is 0 Å². The molecule has 2 aromatic rings. The molecule has 152 valence electrons. The van der Waals surface area contributed by atoms with Gasteiger partial charge in [-0.1, -0.05) is 6.07 Å². The van der Waals surface area contributed by atoms with Gasteiger partial charge in [-0.25, -0.2) is 0 Å². The van der Waals surface area contributed by atoms with Gasteiger partial charge in [0.05, 0.1) is 14.2 Å². The van der Waals surface area contributed by atoms with Crippen LogP contribution in [0, 0.1) is 5.92 Å². The summed E-state index contributed by atoms with van der Waals surface area (Å²) in [4.78, 5) is 16.3. The molecule has 0 bridgehead atoms. The maximum atomic E-state index is 12.3. The van der Waals surface area contributed by atoms with Crippen LogP contribution >= 0.6 is 11.3 Å². The molecule has 1 aromatic heterocycles. The van der Waals surface area contributed by atoms with Gasteiger partial charge in [-0.2, -0.15) is 0 Å². The molecule has 1 aliphatic rings. The number of carbonyl (C=O) groups is 1. The highest BCUT2D eigenvalue weighted by Crippen LogP contribution is 2.25. The average Bonchev–Trinajstić information content (AvgIpc) is 3.23. The average molecular weight is 403 g/mol. The van der Waals surface area contributed by atoms with Gasteiger partial charge in [0.1, 0.15) is 11.5 Å². The predicted molar refractivity (Wildman–Crippen MR) is 113 cm³/mol. The largest absolute Gasteiger partial charge is 0.497 e. The summed E-state index contributed by atoms with van der Waals surface area (Å²) in [5.41, 5.74) is 0.955. The molecule has 1 saturated heterocycles. The van der Waals surface area contributed by atoms with E-state index in [2.05, 4.69) is 27.7 Å². The van der Waals surface area contributed by atoms with E-state index >= 15 is 0 Å². The number of piperidine rings is 1. The summed E-state index contributed by atoms with van der Waals surface area (Å²) in [6.07, 6.45) is 3.98. The lowest BCUT2D eigenvalue weighted by atomic mass is 9.93. The van der Waals surface area contributed by atoms with Crippen molar-refractivity contribution >= 4 is 17.2 Å². The third-order valence-electron chi connectivity index (χ3n) is 5.31. The molecular weight excluding hydrogens is 372 g/mol. The first kappa shape index (κ1) is 20.7. The van der Waals surface area contributed by atoms with Gasteiger partial charge in [-0.05, 0) is 55.3 Å². The summed E-state index contributed by atoms with van der Waals surface area (Å²) >= 11 is 1.82. The van der Waals surface area contributed by atoms with Gasteiger partial charge in [-0.15, -0.1) is 11.3 Å². The molecule has 2 heterocycles. The molecule has 0 saturated carbocycles. The van der Waals surface area contributed by atoms with Crippen LogP contribution in [-0.4, -0.2) is 38.1 Å². The van der Waals surface area contributed by atoms with Crippen LogP contribution in [-0.2, 0) is 17.9 Å². The van der Waals surface area contributed by atoms with Crippen LogP contribution in [0.25, 0.3) is 0 Å². The van der Waals surface area contributed by atoms with E-state index in [1.807, 2.05) is 29.5 Å². The molecule has 0 aliphatic carbocycles. The molecule has 1 fully saturated rings. The standard InChI is InChI=1S/C22H30N2O3S/c1-26-19-9-8-18(21(13-19)27-2)14-23-22(25)10-7-17-5-3-11-24(15-17)16-20-6-4-12-28-20/h4,6,8-9,12-13,17H,3,5,7,10-11,14-16H2,1-2H3,(H,23,25). The fourth-order valence-corrected chi connectivity index (χ4v) is 4.51. The number of hydrogen-bond donors (Lipinski definition) is 1. The van der Waals surface area contributed by atoms with Gasteiger partial charge < -0.3 is 14.8 Å². The second-order valence-electron chi connectivity index (χ2n) is 7.32. The molecule has 0 radical (unpaired) electrons. The fourth-order valence-electron chi connectivity index (χ4n) is 3.77. The second kappa shape index (κ2) is 10.5. The summed E-state index contributed by atoms with van der Waals surface area (Å²) in [5.74, 6) is 2.19. The number of nitrogens with zero attached hydrogens (tertiary/aromatic N) is 1. The van der Waals surface area contributed by atoms with E-state index in [0.717, 1.165) is 43.1 Å². The van der Waals surface area contributed by atoms with Gasteiger partial charge >= 0.3 is 0 Å². The van der Waals surface area contributed by atoms with E-state index in [1.165, 1.54) is 17.7 Å². The quantitative estimate of drug-likeness (QED) is 0.687. The highest BCUT2D eigenvalue weighted by Gasteiger charge is 2.21. The van der Waals surface area contributed by atoms with Crippen molar-refractivity contribution in [2.75, 3.05) is 27.3 Å². The number of carbonyl (C=O) groups excluding carboxylic acids is 1. The number of methoxy groups -OCH3 is 2. The Hall–Kier alpha value is -2.05. The van der Waals surface area contributed by atoms with Crippen LogP contribution in [0.3, 0.4) is 0 Å². The monoisotopic (exact) mass is 402 g/mol. The first-order chi connectivity index (χ1) is 13.7. The van der Waals surface area contributed by atoms with Crippen LogP contribution in [0.15, 0.2) is 35.7 Å². The number of amides is 1. The van der Waals surface area contributed by atoms with Gasteiger partial charge in [0.25, 0.3) is 0 Å². The van der Waals surface area contributed by atoms with Crippen molar-refractivity contribution in [1.82, 2.24) is 10.2 Å². The third kappa shape index (κ3) is 5.97. The lowest BCUT2D eigenvalue weighted by Gasteiger charge is -2.32. The van der Waals surface area contributed by atoms with Gasteiger partial charge in [-0.3, -0.25) is 9.69 Å². The smallest absolute Gasteiger partial charge is 0.220 e. The van der Waals surface area contributed by atoms with Crippen LogP contribution < -0.4 is 14.8 Å². The summed E-state index contributed by atoms with van der Waals surface area (Å²) in [7, 11) is 3.26. The third-order valence-corrected chi connectivity index (χ3v) is 6.17. The normalized spacial score (nSPS) is 17.3. The molecule has 1 amide bonds. The van der Waals surface area contributed by atoms with E-state index in [0.29, 0.717) is 18.9 Å². The number of ether oxygens (including phenoxy) is 2. The Labute approximate surface area is 171 Å². The Kier molecular flexibility index (Phi) is 7.74. The zero-order chi connectivity index (χ0) is 19.8. The van der Waals surface area contributed by atoms with Gasteiger partial charge in [0, 0.05) is 42.6 Å². The minimum Gasteiger partial charge on any atom is -0.497 e. The van der Waals surface area contributed by atoms with E-state index in [9.17, 15) is 4.79 Å². The Morgan fingerprint density at radius 2 is 2.18 bits per heavy atom. The molecule has 28 heavy (non-hydrogen) atoms. The number of hydrogen-bond acceptors (Lipinski definition) is 5. The number of thiophene rings is 1. The van der Waals surface area contributed by atoms with Crippen LogP contribution in [0.2, 0.25) is 0 Å². The zero-order valence-electron chi connectivity index (χ0n) is 16.8. The van der Waals surface area contributed by atoms with E-state index in [-0.39, 0.29) is 5.91 Å². The minimum atomic E-state index is 0.105. The Balaban J connectivity index is 1.41. The highest BCUT2D eigenvalue weighted by molar-refractivity contribution is 7.09. The molecule has 5 nitrogen and oxygen atoms in total. The second-order valence-corrected chi connectivity index (χ2v) is 8.35. The number of rotatable bonds is 9. The van der Waals surface area contributed by atoms with Crippen LogP contribution in [0.5, 0.6) is 11.5 Å². The molecule has 6 heteroatoms. The minimum absolute atomic E-state index is 0.105. The summed E-state index contributed by atoms with van der Waals surface area (Å²) < 4.78 is 10.6. The first-order valence-corrected chi connectivity index (χ1v) is 10.8. The lowest BCUT2D eigenvalue weighted by Crippen LogP contribution is -2.35. The van der Waals surface area contributed by atoms with Crippen molar-refractivity contribution in [3.8, 4) is 11.5 Å². The highest BCUT2D eigenvalue weighted by atomic mass is 32.1. The maximum absolute atomic E-state index is 12.3. The number of likely N-dealkylation sites (tertiary alicyclic amines) is 1. The fraction of sp³-hybridized carbons (Fsp3) is 0.500. The van der Waals surface area contributed by atoms with E-state index in [4.69, 9.17) is 9.47 Å². The van der Waals surface area contributed by atoms with Crippen molar-refractivity contribution in [1.29, 1.82) is 0 Å². The molecule has 1 aliphatic heterocycles. The SMILES string of the molecule is COc1ccc(CNC(=O)CCC2CCCN(Cc3cccs3)C2)c(OC)c1. The van der Waals surface area contributed by atoms with Crippen LogP contribution in [0.1, 0.15) is 36.1 Å². The van der Waals surface area contributed by atoms with E-state index in [1.54, 1.807) is 14.2 Å². The number of nitrogens with one attached hydrogen (secondary N) is 1. The molecule has 1 N–H and O–H groups in total. The predicted octanol–water partition coefficient (Wildman–Crippen LogP) is 4.07. The van der Waals surface area contributed by atoms with Crippen molar-refractivity contribution in [2.45, 2.75) is 38.8 Å². The molecule has 3 rings (SSSR count). The van der Waals surface area contributed by atoms with E-state index < -0.39 is 0 Å². The Morgan fingerprint density at radius 1 is 1.29 bits per heavy atom. The molecule has 1 atom stereocenters. The lowest BCUT2D eigenvalue weighted by molar-refractivity contribution is -0.121. The first-order valence-electron chi connectivity index (χ1n) is 9.90. The number of benzene rings is 1. The van der Waals surface area contributed by atoms with Crippen molar-refractivity contribution in [3.05, 3.63) is 46.2 Å². The summed E-state index contributed by atoms with van der Waals surface area (Å²) in [5, 5.41) is 5.16. The molecule has 0 spiro atoms. The van der Waals surface area contributed by atoms with Gasteiger partial charge in [0.15, 0.2) is 0 Å². The Bertz CT molecular complexity index is 748. The summed E-state index contributed by atoms with van der Waals surface area (Å²) in [6, 6.07) is 9.97. The topological polar surface area (TPSA) is 50.8 Å². The molecule has 1 aromatic carbocycles. The zero-order valence-corrected chi connectivity index (χ0v) is 17.6. The maximum Gasteiger partial charge on any atom is 0.220 e. The van der Waals surface area contributed by atoms with Crippen molar-refractivity contribution in [2.24, 2.45) is 5.92 Å².